The lowest BCUT2D eigenvalue weighted by atomic mass is 10.1. The first-order valence-electron chi connectivity index (χ1n) is 8.77. The highest BCUT2D eigenvalue weighted by atomic mass is 35.5. The van der Waals surface area contributed by atoms with Gasteiger partial charge in [0.15, 0.2) is 0 Å². The number of carbonyl (C=O) groups excluding carboxylic acids is 1. The van der Waals surface area contributed by atoms with Crippen LogP contribution in [0.15, 0.2) is 65.1 Å². The fourth-order valence-electron chi connectivity index (χ4n) is 2.81. The number of halogens is 1. The van der Waals surface area contributed by atoms with Crippen molar-refractivity contribution in [2.24, 2.45) is 0 Å². The minimum absolute atomic E-state index is 0.0531. The monoisotopic (exact) mass is 383 g/mol. The number of rotatable bonds is 7. The van der Waals surface area contributed by atoms with Gasteiger partial charge >= 0.3 is 0 Å². The van der Waals surface area contributed by atoms with E-state index >= 15 is 0 Å². The molecule has 1 aromatic heterocycles. The molecule has 0 aliphatic carbocycles. The molecule has 0 N–H and O–H groups in total. The Morgan fingerprint density at radius 2 is 1.81 bits per heavy atom. The first-order valence-corrected chi connectivity index (χ1v) is 9.15. The van der Waals surface area contributed by atoms with Crippen molar-refractivity contribution in [3.05, 3.63) is 77.0 Å². The minimum Gasteiger partial charge on any atom is -0.497 e. The Labute approximate surface area is 164 Å². The molecule has 0 saturated carbocycles. The molecule has 0 aliphatic rings. The van der Waals surface area contributed by atoms with Crippen LogP contribution in [-0.4, -0.2) is 25.0 Å². The minimum atomic E-state index is 0.0531. The summed E-state index contributed by atoms with van der Waals surface area (Å²) in [5.41, 5.74) is 1.92. The zero-order chi connectivity index (χ0) is 19.2. The number of benzene rings is 2. The van der Waals surface area contributed by atoms with Crippen LogP contribution in [0.1, 0.15) is 17.7 Å². The number of ether oxygens (including phenoxy) is 1. The second kappa shape index (κ2) is 8.78. The predicted octanol–water partition coefficient (Wildman–Crippen LogP) is 5.20. The van der Waals surface area contributed by atoms with Crippen LogP contribution in [0.25, 0.3) is 11.3 Å². The Hall–Kier alpha value is -2.72. The Balaban J connectivity index is 1.56. The maximum Gasteiger partial charge on any atom is 0.223 e. The molecule has 0 atom stereocenters. The smallest absolute Gasteiger partial charge is 0.223 e. The lowest BCUT2D eigenvalue weighted by Crippen LogP contribution is -2.26. The van der Waals surface area contributed by atoms with Crippen molar-refractivity contribution >= 4 is 17.5 Å². The van der Waals surface area contributed by atoms with Crippen LogP contribution in [-0.2, 0) is 17.8 Å². The van der Waals surface area contributed by atoms with Gasteiger partial charge in [-0.1, -0.05) is 29.8 Å². The molecule has 0 fully saturated rings. The van der Waals surface area contributed by atoms with Crippen molar-refractivity contribution in [2.45, 2.75) is 19.4 Å². The van der Waals surface area contributed by atoms with Gasteiger partial charge in [0.1, 0.15) is 17.3 Å². The molecule has 3 aromatic rings. The van der Waals surface area contributed by atoms with Crippen LogP contribution in [0, 0.1) is 0 Å². The molecule has 0 bridgehead atoms. The Bertz CT molecular complexity index is 902. The molecule has 4 nitrogen and oxygen atoms in total. The average molecular weight is 384 g/mol. The van der Waals surface area contributed by atoms with Crippen LogP contribution in [0.3, 0.4) is 0 Å². The molecule has 0 saturated heterocycles. The Kier molecular flexibility index (Phi) is 6.20. The molecule has 1 heterocycles. The molecule has 2 aromatic carbocycles. The molecule has 0 radical (unpaired) electrons. The van der Waals surface area contributed by atoms with Gasteiger partial charge in [-0.05, 0) is 48.0 Å². The first kappa shape index (κ1) is 19.1. The van der Waals surface area contributed by atoms with Gasteiger partial charge in [-0.15, -0.1) is 0 Å². The summed E-state index contributed by atoms with van der Waals surface area (Å²) in [5, 5.41) is 0.673. The van der Waals surface area contributed by atoms with E-state index in [1.165, 1.54) is 0 Å². The number of furan rings is 1. The van der Waals surface area contributed by atoms with E-state index in [-0.39, 0.29) is 5.91 Å². The van der Waals surface area contributed by atoms with Gasteiger partial charge in [0, 0.05) is 37.0 Å². The predicted molar refractivity (Wildman–Crippen MR) is 107 cm³/mol. The van der Waals surface area contributed by atoms with Crippen LogP contribution in [0.4, 0.5) is 0 Å². The zero-order valence-electron chi connectivity index (χ0n) is 15.4. The number of hydrogen-bond acceptors (Lipinski definition) is 3. The molecule has 0 spiro atoms. The molecule has 1 amide bonds. The van der Waals surface area contributed by atoms with Gasteiger partial charge in [-0.2, -0.15) is 0 Å². The van der Waals surface area contributed by atoms with E-state index in [1.54, 1.807) is 19.1 Å². The molecule has 27 heavy (non-hydrogen) atoms. The van der Waals surface area contributed by atoms with Crippen LogP contribution >= 0.6 is 11.6 Å². The summed E-state index contributed by atoms with van der Waals surface area (Å²) in [6.07, 6.45) is 0.943. The van der Waals surface area contributed by atoms with Gasteiger partial charge in [0.05, 0.1) is 7.11 Å². The standard InChI is InChI=1S/C22H22ClNO3/c1-24(15-17-5-3-4-6-20(17)23)22(25)14-12-19-11-13-21(27-19)16-7-9-18(26-2)10-8-16/h3-11,13H,12,14-15H2,1-2H3. The van der Waals surface area contributed by atoms with Crippen molar-refractivity contribution in [3.63, 3.8) is 0 Å². The SMILES string of the molecule is COc1ccc(-c2ccc(CCC(=O)N(C)Cc3ccccc3Cl)o2)cc1. The van der Waals surface area contributed by atoms with E-state index in [2.05, 4.69) is 0 Å². The summed E-state index contributed by atoms with van der Waals surface area (Å²) in [6.45, 7) is 0.494. The first-order chi connectivity index (χ1) is 13.1. The number of amides is 1. The third-order valence-corrected chi connectivity index (χ3v) is 4.78. The fraction of sp³-hybridized carbons (Fsp3) is 0.227. The number of aryl methyl sites for hydroxylation is 1. The zero-order valence-corrected chi connectivity index (χ0v) is 16.2. The quantitative estimate of drug-likeness (QED) is 0.563. The third kappa shape index (κ3) is 4.92. The molecule has 3 rings (SSSR count). The maximum absolute atomic E-state index is 12.4. The summed E-state index contributed by atoms with van der Waals surface area (Å²) >= 11 is 6.17. The van der Waals surface area contributed by atoms with Gasteiger partial charge in [-0.25, -0.2) is 0 Å². The lowest BCUT2D eigenvalue weighted by Gasteiger charge is -2.17. The highest BCUT2D eigenvalue weighted by molar-refractivity contribution is 6.31. The summed E-state index contributed by atoms with van der Waals surface area (Å²) in [7, 11) is 3.43. The van der Waals surface area contributed by atoms with E-state index in [4.69, 9.17) is 20.8 Å². The average Bonchev–Trinajstić information content (AvgIpc) is 3.17. The number of nitrogens with zero attached hydrogens (tertiary/aromatic N) is 1. The second-order valence-electron chi connectivity index (χ2n) is 6.34. The molecule has 140 valence electrons. The van der Waals surface area contributed by atoms with Crippen molar-refractivity contribution < 1.29 is 13.9 Å². The van der Waals surface area contributed by atoms with Crippen LogP contribution in [0.2, 0.25) is 5.02 Å². The Morgan fingerprint density at radius 1 is 1.07 bits per heavy atom. The van der Waals surface area contributed by atoms with Crippen molar-refractivity contribution in [3.8, 4) is 17.1 Å². The fourth-order valence-corrected chi connectivity index (χ4v) is 3.01. The van der Waals surface area contributed by atoms with Crippen molar-refractivity contribution in [1.82, 2.24) is 4.90 Å². The lowest BCUT2D eigenvalue weighted by molar-refractivity contribution is -0.130. The number of carbonyl (C=O) groups is 1. The molecule has 5 heteroatoms. The third-order valence-electron chi connectivity index (χ3n) is 4.41. The second-order valence-corrected chi connectivity index (χ2v) is 6.74. The molecular weight excluding hydrogens is 362 g/mol. The van der Waals surface area contributed by atoms with Crippen molar-refractivity contribution in [2.75, 3.05) is 14.2 Å². The van der Waals surface area contributed by atoms with Crippen molar-refractivity contribution in [1.29, 1.82) is 0 Å². The van der Waals surface area contributed by atoms with Gasteiger partial charge in [-0.3, -0.25) is 4.79 Å². The van der Waals surface area contributed by atoms with Gasteiger partial charge in [0.25, 0.3) is 0 Å². The van der Waals surface area contributed by atoms with Gasteiger partial charge < -0.3 is 14.1 Å². The van der Waals surface area contributed by atoms with Gasteiger partial charge in [0.2, 0.25) is 5.91 Å². The highest BCUT2D eigenvalue weighted by Gasteiger charge is 2.13. The topological polar surface area (TPSA) is 42.7 Å². The Morgan fingerprint density at radius 3 is 2.52 bits per heavy atom. The molecule has 0 aliphatic heterocycles. The number of hydrogen-bond donors (Lipinski definition) is 0. The van der Waals surface area contributed by atoms with E-state index in [0.29, 0.717) is 24.4 Å². The van der Waals surface area contributed by atoms with E-state index in [1.807, 2.05) is 60.7 Å². The highest BCUT2D eigenvalue weighted by Crippen LogP contribution is 2.25. The maximum atomic E-state index is 12.4. The molecular formula is C22H22ClNO3. The van der Waals surface area contributed by atoms with Crippen LogP contribution in [0.5, 0.6) is 5.75 Å². The summed E-state index contributed by atoms with van der Waals surface area (Å²) in [4.78, 5) is 14.1. The summed E-state index contributed by atoms with van der Waals surface area (Å²) in [6, 6.07) is 19.1. The van der Waals surface area contributed by atoms with E-state index in [9.17, 15) is 4.79 Å². The largest absolute Gasteiger partial charge is 0.497 e. The summed E-state index contributed by atoms with van der Waals surface area (Å²) < 4.78 is 11.0. The van der Waals surface area contributed by atoms with Crippen LogP contribution < -0.4 is 4.74 Å². The summed E-state index contributed by atoms with van der Waals surface area (Å²) in [5.74, 6) is 2.43. The number of methoxy groups -OCH3 is 1. The van der Waals surface area contributed by atoms with E-state index in [0.717, 1.165) is 28.4 Å². The molecule has 0 unspecified atom stereocenters. The normalized spacial score (nSPS) is 10.6. The van der Waals surface area contributed by atoms with E-state index < -0.39 is 0 Å².